The van der Waals surface area contributed by atoms with Gasteiger partial charge in [0.05, 0.1) is 32.0 Å². The van der Waals surface area contributed by atoms with E-state index in [1.54, 1.807) is 0 Å². The minimum atomic E-state index is -4.89. The summed E-state index contributed by atoms with van der Waals surface area (Å²) >= 11 is 0. The lowest BCUT2D eigenvalue weighted by Crippen LogP contribution is -2.30. The minimum absolute atomic E-state index is 0.0569. The molecule has 0 aromatic heterocycles. The zero-order valence-corrected chi connectivity index (χ0v) is 39.7. The zero-order valence-electron chi connectivity index (χ0n) is 37.9. The average molecular weight is 935 g/mol. The van der Waals surface area contributed by atoms with E-state index in [0.717, 1.165) is 96.3 Å². The SMILES string of the molecule is CC/C=C\C/C=C\C/C=C\C/C=C\C/C=C\CCCCCC(=O)O[C@H](COC(=O)CCCCCCC[C@@H](O)[C@H](O)C/C=C\CCCCC)COP(=O)(O)OC[C@@H](O)COP(=O)(O)O. The van der Waals surface area contributed by atoms with E-state index in [0.29, 0.717) is 25.7 Å². The number of hydrogen-bond acceptors (Lipinski definition) is 12. The number of aliphatic hydroxyl groups is 3. The van der Waals surface area contributed by atoms with Gasteiger partial charge in [-0.1, -0.05) is 132 Å². The maximum atomic E-state index is 12.7. The molecule has 63 heavy (non-hydrogen) atoms. The lowest BCUT2D eigenvalue weighted by Gasteiger charge is -2.20. The maximum Gasteiger partial charge on any atom is 0.472 e. The third kappa shape index (κ3) is 43.2. The van der Waals surface area contributed by atoms with Gasteiger partial charge in [-0.15, -0.1) is 0 Å². The first-order valence-corrected chi connectivity index (χ1v) is 25.8. The molecule has 15 nitrogen and oxygen atoms in total. The second-order valence-corrected chi connectivity index (χ2v) is 17.9. The smallest absolute Gasteiger partial charge is 0.462 e. The van der Waals surface area contributed by atoms with E-state index < -0.39 is 78.4 Å². The number of aliphatic hydroxyl groups excluding tert-OH is 3. The van der Waals surface area contributed by atoms with Gasteiger partial charge in [-0.05, 0) is 83.5 Å². The summed E-state index contributed by atoms with van der Waals surface area (Å²) in [6, 6.07) is 0. The Kier molecular flexibility index (Phi) is 39.3. The van der Waals surface area contributed by atoms with Crippen LogP contribution in [0.3, 0.4) is 0 Å². The third-order valence-electron chi connectivity index (χ3n) is 9.27. The van der Waals surface area contributed by atoms with Gasteiger partial charge >= 0.3 is 27.6 Å². The van der Waals surface area contributed by atoms with Crippen LogP contribution in [-0.2, 0) is 41.8 Å². The van der Waals surface area contributed by atoms with E-state index in [9.17, 15) is 38.9 Å². The van der Waals surface area contributed by atoms with Gasteiger partial charge in [0.15, 0.2) is 6.10 Å². The molecule has 0 spiro atoms. The highest BCUT2D eigenvalue weighted by molar-refractivity contribution is 7.47. The molecule has 0 aliphatic carbocycles. The van der Waals surface area contributed by atoms with Crippen LogP contribution in [0, 0.1) is 0 Å². The highest BCUT2D eigenvalue weighted by Gasteiger charge is 2.28. The fourth-order valence-corrected chi connectivity index (χ4v) is 6.85. The zero-order chi connectivity index (χ0) is 46.9. The van der Waals surface area contributed by atoms with Gasteiger partial charge in [-0.2, -0.15) is 0 Å². The van der Waals surface area contributed by atoms with Crippen LogP contribution in [0.5, 0.6) is 0 Å². The number of carbonyl (C=O) groups excluding carboxylic acids is 2. The summed E-state index contributed by atoms with van der Waals surface area (Å²) in [5.74, 6) is -1.19. The summed E-state index contributed by atoms with van der Waals surface area (Å²) in [5, 5.41) is 30.2. The Morgan fingerprint density at radius 2 is 1.02 bits per heavy atom. The molecular formula is C46H80O15P2. The van der Waals surface area contributed by atoms with Crippen molar-refractivity contribution in [1.29, 1.82) is 0 Å². The summed E-state index contributed by atoms with van der Waals surface area (Å²) in [5.41, 5.74) is 0. The molecule has 0 fully saturated rings. The lowest BCUT2D eigenvalue weighted by atomic mass is 10.0. The number of allylic oxidation sites excluding steroid dienone is 11. The molecule has 0 radical (unpaired) electrons. The number of rotatable bonds is 42. The van der Waals surface area contributed by atoms with Crippen molar-refractivity contribution in [3.8, 4) is 0 Å². The van der Waals surface area contributed by atoms with Crippen LogP contribution >= 0.6 is 15.6 Å². The predicted molar refractivity (Wildman–Crippen MR) is 246 cm³/mol. The Bertz CT molecular complexity index is 1420. The summed E-state index contributed by atoms with van der Waals surface area (Å²) in [6.45, 7) is 1.37. The van der Waals surface area contributed by atoms with E-state index in [2.05, 4.69) is 83.7 Å². The molecule has 364 valence electrons. The molecular weight excluding hydrogens is 854 g/mol. The Hall–Kier alpha value is -2.52. The van der Waals surface area contributed by atoms with Gasteiger partial charge in [0.2, 0.25) is 0 Å². The van der Waals surface area contributed by atoms with E-state index in [4.69, 9.17) is 23.8 Å². The number of phosphoric ester groups is 2. The fourth-order valence-electron chi connectivity index (χ4n) is 5.69. The normalized spacial score (nSPS) is 15.6. The highest BCUT2D eigenvalue weighted by atomic mass is 31.2. The average Bonchev–Trinajstić information content (AvgIpc) is 3.24. The minimum Gasteiger partial charge on any atom is -0.462 e. The number of unbranched alkanes of at least 4 members (excludes halogenated alkanes) is 10. The first kappa shape index (κ1) is 60.5. The monoisotopic (exact) mass is 934 g/mol. The summed E-state index contributed by atoms with van der Waals surface area (Å²) < 4.78 is 47.7. The lowest BCUT2D eigenvalue weighted by molar-refractivity contribution is -0.161. The fraction of sp³-hybridized carbons (Fsp3) is 0.696. The van der Waals surface area contributed by atoms with Crippen LogP contribution in [0.1, 0.15) is 155 Å². The van der Waals surface area contributed by atoms with Crippen molar-refractivity contribution in [3.63, 3.8) is 0 Å². The molecule has 0 amide bonds. The molecule has 5 atom stereocenters. The second-order valence-electron chi connectivity index (χ2n) is 15.2. The Morgan fingerprint density at radius 3 is 1.62 bits per heavy atom. The van der Waals surface area contributed by atoms with Crippen molar-refractivity contribution >= 4 is 27.6 Å². The molecule has 6 N–H and O–H groups in total. The van der Waals surface area contributed by atoms with E-state index in [1.165, 1.54) is 6.42 Å². The van der Waals surface area contributed by atoms with Crippen molar-refractivity contribution in [2.24, 2.45) is 0 Å². The Balaban J connectivity index is 4.68. The van der Waals surface area contributed by atoms with Crippen LogP contribution in [0.4, 0.5) is 0 Å². The number of phosphoric acid groups is 2. The van der Waals surface area contributed by atoms with Gasteiger partial charge < -0.3 is 39.5 Å². The number of hydrogen-bond donors (Lipinski definition) is 6. The Labute approximate surface area is 377 Å². The van der Waals surface area contributed by atoms with Crippen molar-refractivity contribution in [3.05, 3.63) is 72.9 Å². The molecule has 17 heteroatoms. The molecule has 0 saturated heterocycles. The second kappa shape index (κ2) is 40.9. The highest BCUT2D eigenvalue weighted by Crippen LogP contribution is 2.43. The molecule has 0 bridgehead atoms. The largest absolute Gasteiger partial charge is 0.472 e. The summed E-state index contributed by atoms with van der Waals surface area (Å²) in [7, 11) is -9.75. The van der Waals surface area contributed by atoms with Gasteiger partial charge in [-0.3, -0.25) is 23.2 Å². The quantitative estimate of drug-likeness (QED) is 0.0145. The number of ether oxygens (including phenoxy) is 2. The molecule has 0 saturated carbocycles. The van der Waals surface area contributed by atoms with Crippen LogP contribution in [0.2, 0.25) is 0 Å². The van der Waals surface area contributed by atoms with Crippen LogP contribution in [-0.4, -0.2) is 92.8 Å². The molecule has 0 aromatic rings. The standard InChI is InChI=1S/C46H80O15P2/c1-3-5-7-9-11-12-13-14-15-16-17-18-19-20-21-22-23-27-32-36-46(51)61-42(40-60-63(55,56)59-38-41(47)37-58-62(52,53)54)39-57-45(50)35-31-28-24-26-30-34-44(49)43(48)33-29-25-10-8-6-4-2/h5,7,11-12,14-15,17-18,20-21,25,29,41-44,47-49H,3-4,6,8-10,13,16,19,22-24,26-28,30-40H2,1-2H3,(H,55,56)(H2,52,53,54)/b7-5-,12-11-,15-14-,18-17-,21-20-,29-25-/t41-,42+,43+,44+/m0/s1. The molecule has 0 rings (SSSR count). The number of esters is 2. The van der Waals surface area contributed by atoms with Gasteiger partial charge in [0, 0.05) is 12.8 Å². The van der Waals surface area contributed by atoms with Crippen LogP contribution < -0.4 is 0 Å². The first-order chi connectivity index (χ1) is 30.2. The molecule has 0 heterocycles. The van der Waals surface area contributed by atoms with E-state index in [-0.39, 0.29) is 12.8 Å². The van der Waals surface area contributed by atoms with Gasteiger partial charge in [-0.25, -0.2) is 9.13 Å². The van der Waals surface area contributed by atoms with Crippen LogP contribution in [0.25, 0.3) is 0 Å². The topological polar surface area (TPSA) is 236 Å². The van der Waals surface area contributed by atoms with Gasteiger partial charge in [0.25, 0.3) is 0 Å². The summed E-state index contributed by atoms with van der Waals surface area (Å²) in [6.07, 6.45) is 37.7. The molecule has 1 unspecified atom stereocenters. The Morgan fingerprint density at radius 1 is 0.524 bits per heavy atom. The van der Waals surface area contributed by atoms with Crippen molar-refractivity contribution in [2.75, 3.05) is 26.4 Å². The third-order valence-corrected chi connectivity index (χ3v) is 10.7. The number of carbonyl (C=O) groups is 2. The van der Waals surface area contributed by atoms with Crippen molar-refractivity contribution < 1.29 is 71.8 Å². The predicted octanol–water partition coefficient (Wildman–Crippen LogP) is 9.73. The molecule has 0 aromatic carbocycles. The van der Waals surface area contributed by atoms with E-state index >= 15 is 0 Å². The van der Waals surface area contributed by atoms with Crippen molar-refractivity contribution in [1.82, 2.24) is 0 Å². The molecule has 0 aliphatic heterocycles. The first-order valence-electron chi connectivity index (χ1n) is 22.8. The van der Waals surface area contributed by atoms with E-state index in [1.807, 2.05) is 12.2 Å². The maximum absolute atomic E-state index is 12.7. The summed E-state index contributed by atoms with van der Waals surface area (Å²) in [4.78, 5) is 52.8. The van der Waals surface area contributed by atoms with Gasteiger partial charge in [0.1, 0.15) is 12.7 Å². The van der Waals surface area contributed by atoms with Crippen molar-refractivity contribution in [2.45, 2.75) is 180 Å². The van der Waals surface area contributed by atoms with Crippen LogP contribution in [0.15, 0.2) is 72.9 Å². The molecule has 0 aliphatic rings.